The number of aromatic nitrogens is 1. The van der Waals surface area contributed by atoms with Crippen LogP contribution in [0.5, 0.6) is 0 Å². The topological polar surface area (TPSA) is 58.3 Å². The number of aliphatic hydroxyl groups excluding tert-OH is 1. The highest BCUT2D eigenvalue weighted by Gasteiger charge is 2.22. The second kappa shape index (κ2) is 6.43. The average Bonchev–Trinajstić information content (AvgIpc) is 3.20. The monoisotopic (exact) mass is 328 g/mol. The molecule has 4 rings (SSSR count). The lowest BCUT2D eigenvalue weighted by Gasteiger charge is -2.28. The van der Waals surface area contributed by atoms with E-state index in [-0.39, 0.29) is 12.1 Å². The molecule has 5 heteroatoms. The Balaban J connectivity index is 1.46. The average molecular weight is 328 g/mol. The molecule has 23 heavy (non-hydrogen) atoms. The highest BCUT2D eigenvalue weighted by atomic mass is 32.1. The summed E-state index contributed by atoms with van der Waals surface area (Å²) in [6, 6.07) is 12.3. The summed E-state index contributed by atoms with van der Waals surface area (Å²) in [6.45, 7) is 0.645. The zero-order valence-electron chi connectivity index (χ0n) is 12.9. The third-order valence-electron chi connectivity index (χ3n) is 4.43. The summed E-state index contributed by atoms with van der Waals surface area (Å²) in [5.74, 6) is 1.70. The van der Waals surface area contributed by atoms with Crippen molar-refractivity contribution in [3.63, 3.8) is 0 Å². The van der Waals surface area contributed by atoms with Gasteiger partial charge in [-0.2, -0.15) is 0 Å². The van der Waals surface area contributed by atoms with Gasteiger partial charge >= 0.3 is 0 Å². The third-order valence-corrected chi connectivity index (χ3v) is 5.49. The number of nitrogens with one attached hydrogen (secondary N) is 1. The van der Waals surface area contributed by atoms with Gasteiger partial charge in [0.25, 0.3) is 0 Å². The Hall–Kier alpha value is -1.69. The summed E-state index contributed by atoms with van der Waals surface area (Å²) < 4.78 is 7.10. The minimum Gasteiger partial charge on any atom is -0.457 e. The second-order valence-electron chi connectivity index (χ2n) is 6.09. The van der Waals surface area contributed by atoms with Gasteiger partial charge < -0.3 is 14.8 Å². The lowest BCUT2D eigenvalue weighted by atomic mass is 9.92. The van der Waals surface area contributed by atoms with Crippen molar-refractivity contribution < 1.29 is 9.52 Å². The molecule has 4 nitrogen and oxygen atoms in total. The Bertz CT molecular complexity index is 762. The van der Waals surface area contributed by atoms with Crippen LogP contribution < -0.4 is 5.32 Å². The maximum atomic E-state index is 10.0. The second-order valence-corrected chi connectivity index (χ2v) is 7.12. The molecule has 1 aromatic carbocycles. The molecule has 1 fully saturated rings. The Labute approximate surface area is 139 Å². The van der Waals surface area contributed by atoms with Crippen LogP contribution in [0, 0.1) is 0 Å². The first-order valence-electron chi connectivity index (χ1n) is 8.16. The Morgan fingerprint density at radius 1 is 1.17 bits per heavy atom. The third kappa shape index (κ3) is 3.17. The summed E-state index contributed by atoms with van der Waals surface area (Å²) in [6.07, 6.45) is 4.01. The zero-order valence-corrected chi connectivity index (χ0v) is 13.7. The van der Waals surface area contributed by atoms with Crippen molar-refractivity contribution in [1.29, 1.82) is 0 Å². The molecule has 1 aliphatic carbocycles. The van der Waals surface area contributed by atoms with Crippen LogP contribution in [0.2, 0.25) is 0 Å². The Morgan fingerprint density at radius 2 is 2.04 bits per heavy atom. The Kier molecular flexibility index (Phi) is 4.16. The number of aliphatic hydroxyl groups is 1. The van der Waals surface area contributed by atoms with Gasteiger partial charge in [0.1, 0.15) is 5.76 Å². The maximum absolute atomic E-state index is 10.0. The summed E-state index contributed by atoms with van der Waals surface area (Å²) in [4.78, 5) is 4.62. The van der Waals surface area contributed by atoms with Crippen LogP contribution in [0.1, 0.15) is 31.4 Å². The molecule has 1 saturated carbocycles. The van der Waals surface area contributed by atoms with Crippen molar-refractivity contribution in [1.82, 2.24) is 10.3 Å². The van der Waals surface area contributed by atoms with Gasteiger partial charge in [-0.05, 0) is 37.1 Å². The summed E-state index contributed by atoms with van der Waals surface area (Å²) in [5, 5.41) is 14.3. The number of hydrogen-bond acceptors (Lipinski definition) is 5. The molecule has 0 saturated heterocycles. The molecule has 1 aliphatic rings. The smallest absolute Gasteiger partial charge is 0.163 e. The minimum absolute atomic E-state index is 0.180. The fourth-order valence-electron chi connectivity index (χ4n) is 3.15. The van der Waals surface area contributed by atoms with Crippen molar-refractivity contribution in [2.45, 2.75) is 44.4 Å². The fraction of sp³-hybridized carbons (Fsp3) is 0.389. The quantitative estimate of drug-likeness (QED) is 0.761. The number of benzene rings is 1. The first-order chi connectivity index (χ1) is 11.3. The number of nitrogens with zero attached hydrogens (tertiary/aromatic N) is 1. The molecule has 2 aromatic heterocycles. The molecule has 120 valence electrons. The number of hydrogen-bond donors (Lipinski definition) is 2. The predicted octanol–water partition coefficient (Wildman–Crippen LogP) is 3.95. The minimum atomic E-state index is -0.234. The number of rotatable bonds is 4. The molecule has 3 aromatic rings. The van der Waals surface area contributed by atoms with Crippen LogP contribution in [-0.4, -0.2) is 22.2 Å². The fourth-order valence-corrected chi connectivity index (χ4v) is 4.07. The van der Waals surface area contributed by atoms with Gasteiger partial charge in [0.2, 0.25) is 0 Å². The standard InChI is InChI=1S/C18H20N2O2S/c21-15-7-3-1-5-13(15)19-11-12-9-10-16(22-12)18-20-14-6-2-4-8-17(14)23-18/h2,4,6,8-10,13,15,19,21H,1,3,5,7,11H2. The summed E-state index contributed by atoms with van der Waals surface area (Å²) in [7, 11) is 0. The molecule has 2 atom stereocenters. The molecular formula is C18H20N2O2S. The van der Waals surface area contributed by atoms with Crippen molar-refractivity contribution >= 4 is 21.6 Å². The summed E-state index contributed by atoms with van der Waals surface area (Å²) in [5.41, 5.74) is 1.01. The van der Waals surface area contributed by atoms with E-state index in [9.17, 15) is 5.11 Å². The highest BCUT2D eigenvalue weighted by molar-refractivity contribution is 7.21. The van der Waals surface area contributed by atoms with E-state index in [1.165, 1.54) is 11.1 Å². The van der Waals surface area contributed by atoms with E-state index in [4.69, 9.17) is 4.42 Å². The molecular weight excluding hydrogens is 308 g/mol. The van der Waals surface area contributed by atoms with Crippen LogP contribution in [0.4, 0.5) is 0 Å². The molecule has 0 radical (unpaired) electrons. The SMILES string of the molecule is OC1CCCCC1NCc1ccc(-c2nc3ccccc3s2)o1. The normalized spacial score (nSPS) is 21.8. The molecule has 2 N–H and O–H groups in total. The van der Waals surface area contributed by atoms with Crippen LogP contribution in [0.3, 0.4) is 0 Å². The van der Waals surface area contributed by atoms with Gasteiger partial charge in [0, 0.05) is 6.04 Å². The van der Waals surface area contributed by atoms with Gasteiger partial charge in [-0.1, -0.05) is 25.0 Å². The van der Waals surface area contributed by atoms with Crippen LogP contribution >= 0.6 is 11.3 Å². The van der Waals surface area contributed by atoms with E-state index in [1.54, 1.807) is 11.3 Å². The van der Waals surface area contributed by atoms with E-state index < -0.39 is 0 Å². The van der Waals surface area contributed by atoms with E-state index >= 15 is 0 Å². The van der Waals surface area contributed by atoms with Gasteiger partial charge in [0.05, 0.1) is 22.9 Å². The van der Waals surface area contributed by atoms with Crippen LogP contribution in [0.25, 0.3) is 21.0 Å². The van der Waals surface area contributed by atoms with Crippen molar-refractivity contribution in [2.75, 3.05) is 0 Å². The summed E-state index contributed by atoms with van der Waals surface area (Å²) >= 11 is 1.64. The largest absolute Gasteiger partial charge is 0.457 e. The van der Waals surface area contributed by atoms with Gasteiger partial charge in [-0.3, -0.25) is 0 Å². The van der Waals surface area contributed by atoms with Gasteiger partial charge in [-0.25, -0.2) is 4.98 Å². The van der Waals surface area contributed by atoms with E-state index in [1.807, 2.05) is 30.3 Å². The van der Waals surface area contributed by atoms with Gasteiger partial charge in [-0.15, -0.1) is 11.3 Å². The first-order valence-corrected chi connectivity index (χ1v) is 8.97. The lowest BCUT2D eigenvalue weighted by molar-refractivity contribution is 0.0893. The molecule has 0 amide bonds. The van der Waals surface area contributed by atoms with E-state index in [0.717, 1.165) is 41.3 Å². The molecule has 0 spiro atoms. The molecule has 2 unspecified atom stereocenters. The van der Waals surface area contributed by atoms with Gasteiger partial charge in [0.15, 0.2) is 10.8 Å². The lowest BCUT2D eigenvalue weighted by Crippen LogP contribution is -2.41. The number of para-hydroxylation sites is 1. The molecule has 2 heterocycles. The number of fused-ring (bicyclic) bond motifs is 1. The first kappa shape index (κ1) is 14.9. The highest BCUT2D eigenvalue weighted by Crippen LogP contribution is 2.31. The Morgan fingerprint density at radius 3 is 2.91 bits per heavy atom. The van der Waals surface area contributed by atoms with E-state index in [0.29, 0.717) is 6.54 Å². The molecule has 0 bridgehead atoms. The maximum Gasteiger partial charge on any atom is 0.163 e. The van der Waals surface area contributed by atoms with Crippen LogP contribution in [-0.2, 0) is 6.54 Å². The zero-order chi connectivity index (χ0) is 15.6. The van der Waals surface area contributed by atoms with Crippen molar-refractivity contribution in [3.8, 4) is 10.8 Å². The molecule has 0 aliphatic heterocycles. The van der Waals surface area contributed by atoms with Crippen molar-refractivity contribution in [2.24, 2.45) is 0 Å². The van der Waals surface area contributed by atoms with E-state index in [2.05, 4.69) is 16.4 Å². The number of thiazole rings is 1. The number of furan rings is 1. The van der Waals surface area contributed by atoms with Crippen LogP contribution in [0.15, 0.2) is 40.8 Å². The predicted molar refractivity (Wildman–Crippen MR) is 92.4 cm³/mol. The van der Waals surface area contributed by atoms with Crippen molar-refractivity contribution in [3.05, 3.63) is 42.2 Å².